The average molecular weight is 625 g/mol. The first-order chi connectivity index (χ1) is 22.3. The van der Waals surface area contributed by atoms with Crippen molar-refractivity contribution < 1.29 is 4.92 Å². The van der Waals surface area contributed by atoms with E-state index in [1.165, 1.54) is 12.1 Å². The number of nitrogens with zero attached hydrogens (tertiary/aromatic N) is 6. The molecule has 1 aliphatic heterocycles. The summed E-state index contributed by atoms with van der Waals surface area (Å²) in [6, 6.07) is 39.7. The second-order valence-corrected chi connectivity index (χ2v) is 14.1. The van der Waals surface area contributed by atoms with E-state index in [4.69, 9.17) is 9.85 Å². The van der Waals surface area contributed by atoms with Gasteiger partial charge < -0.3 is 9.13 Å². The summed E-state index contributed by atoms with van der Waals surface area (Å²) >= 11 is 0. The molecule has 0 saturated heterocycles. The van der Waals surface area contributed by atoms with Gasteiger partial charge in [-0.05, 0) is 82.3 Å². The summed E-state index contributed by atoms with van der Waals surface area (Å²) in [5.74, 6) is 0. The molecule has 0 saturated carbocycles. The Morgan fingerprint density at radius 3 is 1.78 bits per heavy atom. The Balaban J connectivity index is 1.64. The maximum Gasteiger partial charge on any atom is 0.269 e. The van der Waals surface area contributed by atoms with Crippen LogP contribution < -0.4 is 15.4 Å². The number of nitro benzene ring substituents is 1. The van der Waals surface area contributed by atoms with E-state index >= 15 is 0 Å². The lowest BCUT2D eigenvalue weighted by Gasteiger charge is -2.38. The molecule has 1 atom stereocenters. The number of aryl methyl sites for hydroxylation is 1. The second-order valence-electron chi connectivity index (χ2n) is 11.4. The van der Waals surface area contributed by atoms with Gasteiger partial charge in [0.2, 0.25) is 0 Å². The van der Waals surface area contributed by atoms with Gasteiger partial charge >= 0.3 is 0 Å². The standard InChI is InChI=1S/C37H33N6O2P/c1-26-24-36(28(3)40(26)31-14-8-5-9-15-31)46(39-30-20-22-34(23-21-30)43(44)45)37-29(4)41(32-16-10-6-11-17-32)27(2)35(37)25-38-42(46)33-18-12-7-13-19-33/h5-25H,1-4H3. The molecule has 0 spiro atoms. The van der Waals surface area contributed by atoms with Crippen LogP contribution in [0.3, 0.4) is 0 Å². The molecule has 7 rings (SSSR count). The van der Waals surface area contributed by atoms with Crippen LogP contribution in [-0.4, -0.2) is 20.3 Å². The summed E-state index contributed by atoms with van der Waals surface area (Å²) in [7, 11) is -3.00. The number of para-hydroxylation sites is 3. The van der Waals surface area contributed by atoms with E-state index in [2.05, 4.69) is 96.2 Å². The molecule has 6 aromatic rings. The lowest BCUT2D eigenvalue weighted by Crippen LogP contribution is -2.35. The molecule has 0 bridgehead atoms. The largest absolute Gasteiger partial charge is 0.318 e. The summed E-state index contributed by atoms with van der Waals surface area (Å²) < 4.78 is 12.4. The zero-order chi connectivity index (χ0) is 32.0. The molecule has 0 amide bonds. The monoisotopic (exact) mass is 624 g/mol. The summed E-state index contributed by atoms with van der Waals surface area (Å²) in [6.45, 7) is 8.58. The Kier molecular flexibility index (Phi) is 7.30. The zero-order valence-electron chi connectivity index (χ0n) is 26.1. The van der Waals surface area contributed by atoms with Crippen molar-refractivity contribution >= 4 is 41.1 Å². The molecular weight excluding hydrogens is 591 g/mol. The van der Waals surface area contributed by atoms with Crippen LogP contribution in [0.2, 0.25) is 0 Å². The Bertz CT molecular complexity index is 2170. The summed E-state index contributed by atoms with van der Waals surface area (Å²) in [5, 5.41) is 19.0. The van der Waals surface area contributed by atoms with Crippen LogP contribution in [0, 0.1) is 37.8 Å². The molecule has 1 unspecified atom stereocenters. The zero-order valence-corrected chi connectivity index (χ0v) is 27.0. The van der Waals surface area contributed by atoms with E-state index in [9.17, 15) is 10.1 Å². The van der Waals surface area contributed by atoms with Crippen molar-refractivity contribution in [1.82, 2.24) is 9.13 Å². The van der Waals surface area contributed by atoms with Crippen LogP contribution in [0.1, 0.15) is 28.3 Å². The molecular formula is C37H33N6O2P. The first kappa shape index (κ1) is 29.3. The number of hydrogen-bond donors (Lipinski definition) is 0. The van der Waals surface area contributed by atoms with E-state index in [-0.39, 0.29) is 10.6 Å². The molecule has 9 heteroatoms. The molecule has 0 fully saturated rings. The van der Waals surface area contributed by atoms with Gasteiger partial charge in [0.15, 0.2) is 0 Å². The average Bonchev–Trinajstić information content (AvgIpc) is 3.53. The Morgan fingerprint density at radius 2 is 1.22 bits per heavy atom. The maximum atomic E-state index is 11.6. The van der Waals surface area contributed by atoms with Gasteiger partial charge in [-0.1, -0.05) is 54.6 Å². The maximum absolute atomic E-state index is 11.6. The third-order valence-electron chi connectivity index (χ3n) is 8.62. The predicted molar refractivity (Wildman–Crippen MR) is 188 cm³/mol. The van der Waals surface area contributed by atoms with E-state index in [1.54, 1.807) is 12.1 Å². The SMILES string of the molecule is Cc1cc(P2(=Nc3ccc([N+](=O)[O-])cc3)c3c(c(C)n(-c4ccccc4)c3C)C=NN2c2ccccc2)c(C)n1-c1ccccc1. The van der Waals surface area contributed by atoms with Gasteiger partial charge in [-0.2, -0.15) is 5.10 Å². The quantitative estimate of drug-likeness (QED) is 0.106. The highest BCUT2D eigenvalue weighted by Crippen LogP contribution is 2.59. The molecule has 0 N–H and O–H groups in total. The van der Waals surface area contributed by atoms with Gasteiger partial charge in [-0.25, -0.2) is 9.52 Å². The van der Waals surface area contributed by atoms with Crippen LogP contribution in [0.25, 0.3) is 11.4 Å². The Labute approximate surface area is 268 Å². The van der Waals surface area contributed by atoms with E-state index in [0.717, 1.165) is 56.0 Å². The van der Waals surface area contributed by atoms with Gasteiger partial charge in [0.05, 0.1) is 22.5 Å². The van der Waals surface area contributed by atoms with Gasteiger partial charge in [-0.3, -0.25) is 10.1 Å². The molecule has 3 heterocycles. The fraction of sp³-hybridized carbons (Fsp3) is 0.108. The molecule has 4 aromatic carbocycles. The molecule has 2 aromatic heterocycles. The third-order valence-corrected chi connectivity index (χ3v) is 12.3. The van der Waals surface area contributed by atoms with Crippen LogP contribution >= 0.6 is 7.21 Å². The molecule has 1 aliphatic rings. The summed E-state index contributed by atoms with van der Waals surface area (Å²) in [6.07, 6.45) is 1.96. The fourth-order valence-electron chi connectivity index (χ4n) is 6.65. The lowest BCUT2D eigenvalue weighted by atomic mass is 10.2. The number of anilines is 1. The van der Waals surface area contributed by atoms with Gasteiger partial charge in [-0.15, -0.1) is 0 Å². The van der Waals surface area contributed by atoms with E-state index < -0.39 is 7.21 Å². The van der Waals surface area contributed by atoms with Crippen molar-refractivity contribution in [2.24, 2.45) is 9.85 Å². The minimum atomic E-state index is -3.00. The van der Waals surface area contributed by atoms with Crippen molar-refractivity contribution in [2.75, 3.05) is 4.78 Å². The van der Waals surface area contributed by atoms with Crippen molar-refractivity contribution in [2.45, 2.75) is 27.7 Å². The van der Waals surface area contributed by atoms with E-state index in [1.807, 2.05) is 48.7 Å². The van der Waals surface area contributed by atoms with Gasteiger partial charge in [0.25, 0.3) is 5.69 Å². The topological polar surface area (TPSA) is 81.0 Å². The number of rotatable bonds is 6. The first-order valence-corrected chi connectivity index (χ1v) is 16.8. The normalized spacial score (nSPS) is 15.5. The Hall–Kier alpha value is -5.46. The van der Waals surface area contributed by atoms with Crippen molar-refractivity contribution in [3.8, 4) is 11.4 Å². The number of hydrazone groups is 1. The number of fused-ring (bicyclic) bond motifs is 1. The molecule has 0 aliphatic carbocycles. The smallest absolute Gasteiger partial charge is 0.269 e. The van der Waals surface area contributed by atoms with Crippen LogP contribution in [0.5, 0.6) is 0 Å². The van der Waals surface area contributed by atoms with Crippen molar-refractivity contribution in [1.29, 1.82) is 0 Å². The highest BCUT2D eigenvalue weighted by molar-refractivity contribution is 7.82. The number of hydrogen-bond acceptors (Lipinski definition) is 4. The third kappa shape index (κ3) is 4.61. The molecule has 8 nitrogen and oxygen atoms in total. The minimum Gasteiger partial charge on any atom is -0.318 e. The number of nitro groups is 1. The first-order valence-electron chi connectivity index (χ1n) is 15.1. The van der Waals surface area contributed by atoms with Crippen LogP contribution in [0.15, 0.2) is 131 Å². The lowest BCUT2D eigenvalue weighted by molar-refractivity contribution is -0.384. The molecule has 0 radical (unpaired) electrons. The molecule has 228 valence electrons. The summed E-state index contributed by atoms with van der Waals surface area (Å²) in [4.78, 5) is 11.2. The Morgan fingerprint density at radius 1 is 0.674 bits per heavy atom. The van der Waals surface area contributed by atoms with E-state index in [0.29, 0.717) is 5.69 Å². The van der Waals surface area contributed by atoms with Crippen LogP contribution in [-0.2, 0) is 0 Å². The van der Waals surface area contributed by atoms with Gasteiger partial charge in [0, 0.05) is 62.5 Å². The van der Waals surface area contributed by atoms with Crippen molar-refractivity contribution in [3.05, 3.63) is 160 Å². The summed E-state index contributed by atoms with van der Waals surface area (Å²) in [5.41, 5.74) is 9.07. The van der Waals surface area contributed by atoms with Crippen LogP contribution in [0.4, 0.5) is 17.1 Å². The number of benzene rings is 4. The van der Waals surface area contributed by atoms with Crippen molar-refractivity contribution in [3.63, 3.8) is 0 Å². The second kappa shape index (κ2) is 11.5. The fourth-order valence-corrected chi connectivity index (χ4v) is 10.7. The molecule has 46 heavy (non-hydrogen) atoms. The predicted octanol–water partition coefficient (Wildman–Crippen LogP) is 8.66. The van der Waals surface area contributed by atoms with Gasteiger partial charge in [0.1, 0.15) is 7.21 Å². The number of aromatic nitrogens is 2. The highest BCUT2D eigenvalue weighted by Gasteiger charge is 2.43. The number of non-ortho nitro benzene ring substituents is 1. The highest BCUT2D eigenvalue weighted by atomic mass is 31.2. The minimum absolute atomic E-state index is 0.0260.